The number of hydrogen-bond donors (Lipinski definition) is 12. The molecule has 0 unspecified atom stereocenters. The minimum absolute atomic E-state index is 0.00735. The highest BCUT2D eigenvalue weighted by Crippen LogP contribution is 2.41. The van der Waals surface area contributed by atoms with Crippen LogP contribution in [0.5, 0.6) is 28.7 Å². The number of hydrogen-bond acceptors (Lipinski definition) is 21. The van der Waals surface area contributed by atoms with E-state index < -0.39 is 133 Å². The molecule has 21 nitrogen and oxygen atoms in total. The van der Waals surface area contributed by atoms with Crippen molar-refractivity contribution in [2.24, 2.45) is 0 Å². The first kappa shape index (κ1) is 40.7. The van der Waals surface area contributed by atoms with Crippen molar-refractivity contribution in [3.63, 3.8) is 0 Å². The fraction of sp³-hybridized carbons (Fsp3) is 0.559. The zero-order valence-electron chi connectivity index (χ0n) is 29.0. The summed E-state index contributed by atoms with van der Waals surface area (Å²) in [7, 11) is 1.24. The maximum absolute atomic E-state index is 14.3. The molecule has 0 aliphatic carbocycles. The van der Waals surface area contributed by atoms with E-state index in [0.29, 0.717) is 0 Å². The standard InChI is InChI=1S/C34H42O21/c1-10-20(39)24(43)27(46)32(49-10)55-31-26(45)22(41)18(9-36)53-34(31)54-30-23(42)19-14(38)6-12(50-33-28(47)25(44)21(40)17(8-35)52-33)7-16(19)51-29(30)11-3-4-13(37)15(5-11)48-2/h3-7,10,17-18,20-22,24-28,31-41,43-47H,8-9H2,1-2H3/t10-,17-,18-,20-,21-,22-,24-,25-,26-,27-,28-,31-,32-,33-,34+/m0/s1. The minimum Gasteiger partial charge on any atom is -0.507 e. The zero-order valence-corrected chi connectivity index (χ0v) is 29.0. The molecule has 0 spiro atoms. The number of ether oxygens (including phenoxy) is 7. The second-order valence-electron chi connectivity index (χ2n) is 13.2. The molecule has 0 amide bonds. The minimum atomic E-state index is -1.97. The number of aliphatic hydroxyl groups excluding tert-OH is 10. The van der Waals surface area contributed by atoms with Crippen LogP contribution >= 0.6 is 0 Å². The molecule has 3 saturated heterocycles. The Kier molecular flexibility index (Phi) is 12.1. The van der Waals surface area contributed by atoms with E-state index >= 15 is 0 Å². The van der Waals surface area contributed by atoms with Crippen LogP contribution in [0.25, 0.3) is 22.3 Å². The van der Waals surface area contributed by atoms with Gasteiger partial charge in [0.15, 0.2) is 29.7 Å². The van der Waals surface area contributed by atoms with Crippen molar-refractivity contribution in [3.8, 4) is 40.1 Å². The van der Waals surface area contributed by atoms with Crippen LogP contribution in [0.4, 0.5) is 0 Å². The first-order valence-electron chi connectivity index (χ1n) is 16.9. The predicted molar refractivity (Wildman–Crippen MR) is 178 cm³/mol. The third kappa shape index (κ3) is 7.65. The molecule has 55 heavy (non-hydrogen) atoms. The van der Waals surface area contributed by atoms with Crippen LogP contribution in [0.3, 0.4) is 0 Å². The summed E-state index contributed by atoms with van der Waals surface area (Å²) in [6.07, 6.45) is -25.5. The SMILES string of the molecule is COc1cc(-c2oc3cc(O[C@H]4O[C@@H](CO)[C@H](O)[C@H](O)[C@@H]4O)cc(O)c3c(=O)c2O[C@H]2O[C@@H](CO)[C@H](O)[C@H](O)[C@@H]2O[C@@H]2O[C@@H](C)[C@H](O)[C@H](O)[C@@H]2O)ccc1O. The lowest BCUT2D eigenvalue weighted by molar-refractivity contribution is -0.354. The normalized spacial score (nSPS) is 36.8. The Morgan fingerprint density at radius 1 is 0.673 bits per heavy atom. The van der Waals surface area contributed by atoms with Gasteiger partial charge in [-0.2, -0.15) is 0 Å². The molecule has 0 radical (unpaired) electrons. The van der Waals surface area contributed by atoms with Crippen LogP contribution in [0.1, 0.15) is 6.92 Å². The topological polar surface area (TPSA) is 338 Å². The Bertz CT molecular complexity index is 1870. The number of rotatable bonds is 10. The monoisotopic (exact) mass is 786 g/mol. The number of aliphatic hydroxyl groups is 10. The Morgan fingerprint density at radius 3 is 1.95 bits per heavy atom. The lowest BCUT2D eigenvalue weighted by atomic mass is 9.97. The number of phenolic OH excluding ortho intramolecular Hbond substituents is 2. The molecule has 1 aromatic heterocycles. The average Bonchev–Trinajstić information content (AvgIpc) is 3.16. The number of aromatic hydroxyl groups is 2. The van der Waals surface area contributed by atoms with Crippen LogP contribution in [0.2, 0.25) is 0 Å². The molecule has 12 N–H and O–H groups in total. The average molecular weight is 787 g/mol. The number of phenols is 2. The zero-order chi connectivity index (χ0) is 40.0. The molecule has 3 aliphatic heterocycles. The van der Waals surface area contributed by atoms with E-state index in [-0.39, 0.29) is 28.4 Å². The van der Waals surface area contributed by atoms with E-state index in [2.05, 4.69) is 0 Å². The Labute approximate surface area is 309 Å². The van der Waals surface area contributed by atoms with Gasteiger partial charge in [0.2, 0.25) is 23.8 Å². The van der Waals surface area contributed by atoms with Crippen LogP contribution in [0.15, 0.2) is 39.5 Å². The van der Waals surface area contributed by atoms with Gasteiger partial charge in [-0.15, -0.1) is 0 Å². The van der Waals surface area contributed by atoms with Gasteiger partial charge in [-0.3, -0.25) is 4.79 Å². The van der Waals surface area contributed by atoms with Crippen molar-refractivity contribution in [2.45, 2.75) is 99.0 Å². The fourth-order valence-electron chi connectivity index (χ4n) is 6.43. The smallest absolute Gasteiger partial charge is 0.239 e. The molecular formula is C34H42O21. The summed E-state index contributed by atoms with van der Waals surface area (Å²) in [4.78, 5) is 14.3. The number of methoxy groups -OCH3 is 1. The number of fused-ring (bicyclic) bond motifs is 1. The molecule has 3 aromatic rings. The summed E-state index contributed by atoms with van der Waals surface area (Å²) >= 11 is 0. The van der Waals surface area contributed by atoms with Crippen LogP contribution in [-0.4, -0.2) is 174 Å². The highest BCUT2D eigenvalue weighted by molar-refractivity contribution is 5.88. The molecule has 3 fully saturated rings. The van der Waals surface area contributed by atoms with E-state index in [1.807, 2.05) is 0 Å². The quantitative estimate of drug-likeness (QED) is 0.0934. The lowest BCUT2D eigenvalue weighted by Gasteiger charge is -2.45. The molecule has 4 heterocycles. The second-order valence-corrected chi connectivity index (χ2v) is 13.2. The van der Waals surface area contributed by atoms with Crippen molar-refractivity contribution < 1.29 is 98.9 Å². The molecule has 304 valence electrons. The van der Waals surface area contributed by atoms with Crippen molar-refractivity contribution in [1.29, 1.82) is 0 Å². The van der Waals surface area contributed by atoms with E-state index in [1.165, 1.54) is 32.2 Å². The van der Waals surface area contributed by atoms with Gasteiger partial charge in [0.25, 0.3) is 0 Å². The fourth-order valence-corrected chi connectivity index (χ4v) is 6.43. The highest BCUT2D eigenvalue weighted by atomic mass is 16.8. The van der Waals surface area contributed by atoms with E-state index in [9.17, 15) is 66.1 Å². The van der Waals surface area contributed by atoms with E-state index in [0.717, 1.165) is 12.1 Å². The summed E-state index contributed by atoms with van der Waals surface area (Å²) in [6, 6.07) is 5.73. The van der Waals surface area contributed by atoms with Crippen molar-refractivity contribution in [3.05, 3.63) is 40.6 Å². The maximum atomic E-state index is 14.3. The molecular weight excluding hydrogens is 744 g/mol. The predicted octanol–water partition coefficient (Wildman–Crippen LogP) is -3.91. The van der Waals surface area contributed by atoms with Gasteiger partial charge in [-0.25, -0.2) is 0 Å². The molecule has 0 saturated carbocycles. The Morgan fingerprint density at radius 2 is 1.29 bits per heavy atom. The van der Waals surface area contributed by atoms with E-state index in [4.69, 9.17) is 37.6 Å². The van der Waals surface area contributed by atoms with Crippen LogP contribution < -0.4 is 19.6 Å². The van der Waals surface area contributed by atoms with Gasteiger partial charge in [0.1, 0.15) is 83.5 Å². The summed E-state index contributed by atoms with van der Waals surface area (Å²) < 4.78 is 45.2. The van der Waals surface area contributed by atoms with Crippen LogP contribution in [-0.2, 0) is 18.9 Å². The second kappa shape index (κ2) is 16.3. The molecule has 3 aliphatic rings. The van der Waals surface area contributed by atoms with Crippen LogP contribution in [0, 0.1) is 0 Å². The van der Waals surface area contributed by atoms with Gasteiger partial charge in [0.05, 0.1) is 26.4 Å². The van der Waals surface area contributed by atoms with Crippen molar-refractivity contribution in [2.75, 3.05) is 20.3 Å². The lowest BCUT2D eigenvalue weighted by Crippen LogP contribution is -2.64. The number of benzene rings is 2. The summed E-state index contributed by atoms with van der Waals surface area (Å²) in [6.45, 7) is -0.267. The molecule has 2 aromatic carbocycles. The Balaban J connectivity index is 1.44. The van der Waals surface area contributed by atoms with Gasteiger partial charge < -0.3 is 98.9 Å². The van der Waals surface area contributed by atoms with Crippen molar-refractivity contribution in [1.82, 2.24) is 0 Å². The van der Waals surface area contributed by atoms with Gasteiger partial charge in [0, 0.05) is 17.7 Å². The van der Waals surface area contributed by atoms with E-state index in [1.54, 1.807) is 0 Å². The third-order valence-corrected chi connectivity index (χ3v) is 9.61. The van der Waals surface area contributed by atoms with Gasteiger partial charge in [-0.05, 0) is 25.1 Å². The summed E-state index contributed by atoms with van der Waals surface area (Å²) in [5.74, 6) is -2.65. The molecule has 0 bridgehead atoms. The molecule has 15 atom stereocenters. The summed E-state index contributed by atoms with van der Waals surface area (Å²) in [5.41, 5.74) is -1.46. The third-order valence-electron chi connectivity index (χ3n) is 9.61. The largest absolute Gasteiger partial charge is 0.507 e. The summed E-state index contributed by atoms with van der Waals surface area (Å²) in [5, 5.41) is 124. The first-order chi connectivity index (χ1) is 26.1. The maximum Gasteiger partial charge on any atom is 0.239 e. The highest BCUT2D eigenvalue weighted by Gasteiger charge is 2.51. The molecule has 6 rings (SSSR count). The van der Waals surface area contributed by atoms with Gasteiger partial charge >= 0.3 is 0 Å². The first-order valence-corrected chi connectivity index (χ1v) is 16.9. The van der Waals surface area contributed by atoms with Gasteiger partial charge in [-0.1, -0.05) is 0 Å². The Hall–Kier alpha value is -3.91. The van der Waals surface area contributed by atoms with Crippen molar-refractivity contribution >= 4 is 11.0 Å². The molecule has 21 heteroatoms.